The van der Waals surface area contributed by atoms with Gasteiger partial charge in [-0.2, -0.15) is 23.5 Å². The van der Waals surface area contributed by atoms with Gasteiger partial charge in [-0.1, -0.05) is 24.3 Å². The molecule has 5 heterocycles. The van der Waals surface area contributed by atoms with Crippen molar-refractivity contribution in [2.75, 3.05) is 50.8 Å². The first-order valence-electron chi connectivity index (χ1n) is 36.1. The molecule has 4 aliphatic carbocycles. The van der Waals surface area contributed by atoms with E-state index in [1.54, 1.807) is 6.92 Å². The predicted octanol–water partition coefficient (Wildman–Crippen LogP) is 1.27. The van der Waals surface area contributed by atoms with Crippen LogP contribution in [0.5, 0.6) is 0 Å². The van der Waals surface area contributed by atoms with Crippen LogP contribution in [0.25, 0.3) is 0 Å². The number of nitrogens with one attached hydrogen (secondary N) is 9. The summed E-state index contributed by atoms with van der Waals surface area (Å²) in [5.74, 6) is -6.34. The largest absolute Gasteiger partial charge is 0.393 e. The van der Waals surface area contributed by atoms with Crippen molar-refractivity contribution in [1.29, 1.82) is 0 Å². The Balaban J connectivity index is 0.939. The average molecular weight is 1410 g/mol. The number of hydrogen-bond donors (Lipinski definition) is 13. The normalized spacial score (nSPS) is 36.3. The molecule has 1 aromatic carbocycles. The lowest BCUT2D eigenvalue weighted by Gasteiger charge is -2.38. The third-order valence-corrected chi connectivity index (χ3v) is 24.7. The van der Waals surface area contributed by atoms with Crippen LogP contribution in [0.15, 0.2) is 24.3 Å². The number of aliphatic hydroxyl groups is 2. The van der Waals surface area contributed by atoms with Gasteiger partial charge < -0.3 is 79.3 Å². The van der Waals surface area contributed by atoms with Crippen molar-refractivity contribution in [2.24, 2.45) is 41.1 Å². The number of nitrogens with zero attached hydrogens (tertiary/aromatic N) is 2. The van der Waals surface area contributed by atoms with Crippen LogP contribution < -0.4 is 59.3 Å². The number of amides is 10. The molecule has 0 aromatic heterocycles. The van der Waals surface area contributed by atoms with E-state index in [4.69, 9.17) is 11.5 Å². The minimum absolute atomic E-state index is 0.0145. The lowest BCUT2D eigenvalue weighted by molar-refractivity contribution is -0.148. The Bertz CT molecular complexity index is 3020. The first-order chi connectivity index (χ1) is 47.0. The Hall–Kier alpha value is -5.72. The van der Waals surface area contributed by atoms with Crippen molar-refractivity contribution in [1.82, 2.24) is 57.7 Å². The van der Waals surface area contributed by atoms with Gasteiger partial charge in [0.2, 0.25) is 59.1 Å². The Morgan fingerprint density at radius 1 is 0.663 bits per heavy atom. The van der Waals surface area contributed by atoms with Crippen molar-refractivity contribution < 1.29 is 66.9 Å². The van der Waals surface area contributed by atoms with Crippen molar-refractivity contribution in [3.05, 3.63) is 35.4 Å². The third kappa shape index (κ3) is 19.3. The smallest absolute Gasteiger partial charge is 0.246 e. The number of unbranched alkanes of at least 4 members (excludes halogenated alkanes) is 1. The van der Waals surface area contributed by atoms with Crippen LogP contribution in [0.2, 0.25) is 0 Å². The Labute approximate surface area is 581 Å². The molecule has 5 aliphatic heterocycles. The summed E-state index contributed by atoms with van der Waals surface area (Å²) >= 11 is 2.89. The number of rotatable bonds is 12. The van der Waals surface area contributed by atoms with Crippen molar-refractivity contribution >= 4 is 82.6 Å². The summed E-state index contributed by atoms with van der Waals surface area (Å²) in [7, 11) is 0. The molecule has 4 saturated heterocycles. The minimum atomic E-state index is -1.74. The highest BCUT2D eigenvalue weighted by molar-refractivity contribution is 7.98. The van der Waals surface area contributed by atoms with E-state index in [2.05, 4.69) is 47.9 Å². The number of benzene rings is 1. The van der Waals surface area contributed by atoms with Crippen LogP contribution in [-0.2, 0) is 59.5 Å². The number of primary amides is 1. The zero-order chi connectivity index (χ0) is 69.8. The predicted molar refractivity (Wildman–Crippen MR) is 365 cm³/mol. The summed E-state index contributed by atoms with van der Waals surface area (Å²) < 4.78 is 30.5. The topological polar surface area (TPSA) is 378 Å². The average Bonchev–Trinajstić information content (AvgIpc) is 1.55. The number of carbonyl (C=O) groups is 10. The van der Waals surface area contributed by atoms with Crippen LogP contribution in [0.3, 0.4) is 0 Å². The molecule has 16 atom stereocenters. The third-order valence-electron chi connectivity index (χ3n) is 22.6. The highest BCUT2D eigenvalue weighted by Crippen LogP contribution is 2.42. The van der Waals surface area contributed by atoms with Crippen LogP contribution in [-0.4, -0.2) is 214 Å². The number of carbonyl (C=O) groups excluding carboxylic acids is 10. The van der Waals surface area contributed by atoms with E-state index < -0.39 is 132 Å². The molecule has 10 rings (SSSR count). The van der Waals surface area contributed by atoms with Gasteiger partial charge in [0.05, 0.1) is 18.2 Å². The van der Waals surface area contributed by atoms with Crippen molar-refractivity contribution in [3.8, 4) is 0 Å². The molecule has 8 fully saturated rings. The maximum atomic E-state index is 15.6. The second kappa shape index (κ2) is 34.3. The molecule has 4 saturated carbocycles. The summed E-state index contributed by atoms with van der Waals surface area (Å²) in [6, 6.07) is -1.16. The molecule has 1 aromatic rings. The van der Waals surface area contributed by atoms with E-state index in [0.29, 0.717) is 114 Å². The molecule has 544 valence electrons. The fourth-order valence-corrected chi connectivity index (χ4v) is 18.6. The second-order valence-electron chi connectivity index (χ2n) is 29.6. The number of fused-ring (bicyclic) bond motifs is 6. The molecule has 10 amide bonds. The van der Waals surface area contributed by atoms with Gasteiger partial charge in [-0.05, 0) is 209 Å². The lowest BCUT2D eigenvalue weighted by Crippen LogP contribution is -2.64. The number of nitrogens with two attached hydrogens (primary N) is 2. The van der Waals surface area contributed by atoms with Gasteiger partial charge in [0.15, 0.2) is 0 Å². The molecule has 25 nitrogen and oxygen atoms in total. The second-order valence-corrected chi connectivity index (χ2v) is 31.7. The first kappa shape index (κ1) is 75.0. The number of aliphatic hydroxyl groups excluding tert-OH is 1. The zero-order valence-corrected chi connectivity index (χ0v) is 58.2. The van der Waals surface area contributed by atoms with Gasteiger partial charge in [-0.15, -0.1) is 0 Å². The van der Waals surface area contributed by atoms with E-state index in [-0.39, 0.29) is 137 Å². The summed E-state index contributed by atoms with van der Waals surface area (Å²) in [4.78, 5) is 148. The SMILES string of the molecule is C[C@@]12CCCN1C(=O)[C@H](CC1CCC(O)CC1)NC(=O)[C@H](C1(O)CC1)NC(=O)[C@@H]1CCCN1C(=O)[C@H](CC1CNC3CCC(F)CC13)NC(=O)[C@H](CC1CNC3CCC(F)CC13)NC(=O)CNC(=O)[C@H](CCCCN)NC(=O)CCSCc1cccc(c1)CSC[C@@H](C(N)=O)NC2=O. The molecule has 0 radical (unpaired) electrons. The fraction of sp³-hybridized carbons (Fsp3) is 0.768. The molecule has 8 unspecified atom stereocenters. The highest BCUT2D eigenvalue weighted by Gasteiger charge is 2.55. The highest BCUT2D eigenvalue weighted by atomic mass is 32.2. The van der Waals surface area contributed by atoms with E-state index in [1.165, 1.54) is 33.3 Å². The Morgan fingerprint density at radius 3 is 1.95 bits per heavy atom. The van der Waals surface area contributed by atoms with E-state index in [1.807, 2.05) is 24.3 Å². The van der Waals surface area contributed by atoms with Gasteiger partial charge in [0.1, 0.15) is 60.2 Å². The number of hydrogen-bond acceptors (Lipinski definition) is 17. The molecule has 9 aliphatic rings. The van der Waals surface area contributed by atoms with Gasteiger partial charge in [0.25, 0.3) is 0 Å². The van der Waals surface area contributed by atoms with Crippen LogP contribution in [0.1, 0.15) is 166 Å². The fourth-order valence-electron chi connectivity index (χ4n) is 16.7. The van der Waals surface area contributed by atoms with Crippen molar-refractivity contribution in [3.63, 3.8) is 0 Å². The van der Waals surface area contributed by atoms with Gasteiger partial charge in [-0.25, -0.2) is 8.78 Å². The molecule has 2 bridgehead atoms. The Morgan fingerprint density at radius 2 is 1.30 bits per heavy atom. The van der Waals surface area contributed by atoms with Gasteiger partial charge >= 0.3 is 0 Å². The quantitative estimate of drug-likeness (QED) is 0.131. The molecule has 0 spiro atoms. The van der Waals surface area contributed by atoms with Crippen LogP contribution in [0, 0.1) is 29.6 Å². The van der Waals surface area contributed by atoms with Crippen LogP contribution in [0.4, 0.5) is 8.78 Å². The Kier molecular flexibility index (Phi) is 26.2. The number of halogens is 2. The maximum Gasteiger partial charge on any atom is 0.246 e. The van der Waals surface area contributed by atoms with Crippen LogP contribution >= 0.6 is 23.5 Å². The molecule has 29 heteroatoms. The monoisotopic (exact) mass is 1410 g/mol. The lowest BCUT2D eigenvalue weighted by atomic mass is 9.76. The summed E-state index contributed by atoms with van der Waals surface area (Å²) in [6.07, 6.45) is 4.61. The summed E-state index contributed by atoms with van der Waals surface area (Å²) in [6.45, 7) is 2.39. The standard InChI is InChI=1S/C69H105F2N13O12S2/c1-68-20-6-25-84(68)66(94)53(28-39-11-15-46(85)16-12-39)80-64(92)59(69(96)21-22-69)82-63(91)56-10-5-24-83(56)65(93)54(30-43-34-75-50-18-14-45(71)32-48(43)50)79-62(90)52(29-42-33-74-49-17-13-44(70)31-47(42)49)78-58(87)35-76-61(89)51(9-2-3-23-72)77-57(86)19-26-97-36-40-7-4-8-41(27-40)37-98-38-55(60(73)88)81-67(68)95/h4,7-8,27,39,42-56,59,74-75,85,96H,2-3,5-6,9-26,28-38,72H2,1H3,(H2,73,88)(H,76,89)(H,77,86)(H,78,87)(H,79,90)(H,80,92)(H,81,95)(H,82,91)/t39?,42?,43?,44?,45?,46?,47?,48?,49?,50?,51-,52-,53-,54-,55-,56-,59+,68-/m0/s1. The zero-order valence-electron chi connectivity index (χ0n) is 56.6. The van der Waals surface area contributed by atoms with Crippen molar-refractivity contribution in [2.45, 2.75) is 250 Å². The molecular formula is C69H105F2N13O12S2. The molecular weight excluding hydrogens is 1300 g/mol. The van der Waals surface area contributed by atoms with Gasteiger partial charge in [-0.3, -0.25) is 47.9 Å². The first-order valence-corrected chi connectivity index (χ1v) is 38.4. The molecule has 15 N–H and O–H groups in total. The maximum absolute atomic E-state index is 15.6. The minimum Gasteiger partial charge on any atom is -0.393 e. The number of alkyl halides is 2. The number of thioether (sulfide) groups is 2. The van der Waals surface area contributed by atoms with Gasteiger partial charge in [0, 0.05) is 54.6 Å². The summed E-state index contributed by atoms with van der Waals surface area (Å²) in [5, 5.41) is 49.3. The molecule has 98 heavy (non-hydrogen) atoms. The van der Waals surface area contributed by atoms with E-state index in [0.717, 1.165) is 11.1 Å². The van der Waals surface area contributed by atoms with E-state index >= 15 is 32.8 Å². The summed E-state index contributed by atoms with van der Waals surface area (Å²) in [5.41, 5.74) is 10.4. The van der Waals surface area contributed by atoms with E-state index in [9.17, 15) is 34.2 Å².